The number of allylic oxidation sites excluding steroid dienone is 7. The standard InChI is InChI=1S/C14H16NOP/c1-4-6-12-10-16-17-14(8-11(3)9-15)13(12)7-5-2/h4-5,8,10,17H,1-2,6-7H2,3H3. The van der Waals surface area contributed by atoms with E-state index in [1.165, 1.54) is 5.57 Å². The van der Waals surface area contributed by atoms with Crippen molar-refractivity contribution in [2.24, 2.45) is 0 Å². The third kappa shape index (κ3) is 3.73. The van der Waals surface area contributed by atoms with Crippen LogP contribution in [0.3, 0.4) is 0 Å². The van der Waals surface area contributed by atoms with Crippen molar-refractivity contribution >= 4 is 8.81 Å². The Balaban J connectivity index is 3.14. The second kappa shape index (κ2) is 6.89. The molecule has 88 valence electrons. The highest BCUT2D eigenvalue weighted by Gasteiger charge is 2.14. The van der Waals surface area contributed by atoms with Crippen LogP contribution < -0.4 is 0 Å². The molecule has 0 saturated heterocycles. The van der Waals surface area contributed by atoms with Gasteiger partial charge in [0.05, 0.1) is 12.3 Å². The average molecular weight is 245 g/mol. The van der Waals surface area contributed by atoms with Gasteiger partial charge in [0.15, 0.2) is 0 Å². The van der Waals surface area contributed by atoms with Gasteiger partial charge >= 0.3 is 0 Å². The Morgan fingerprint density at radius 1 is 1.47 bits per heavy atom. The summed E-state index contributed by atoms with van der Waals surface area (Å²) >= 11 is 0. The lowest BCUT2D eigenvalue weighted by molar-refractivity contribution is 0.542. The molecule has 1 aliphatic heterocycles. The van der Waals surface area contributed by atoms with E-state index in [-0.39, 0.29) is 8.81 Å². The molecule has 2 nitrogen and oxygen atoms in total. The first kappa shape index (κ1) is 13.5. The quantitative estimate of drug-likeness (QED) is 0.409. The second-order valence-electron chi connectivity index (χ2n) is 3.68. The summed E-state index contributed by atoms with van der Waals surface area (Å²) in [6.45, 7) is 9.31. The molecule has 0 radical (unpaired) electrons. The molecule has 0 aromatic rings. The highest BCUT2D eigenvalue weighted by atomic mass is 31.1. The van der Waals surface area contributed by atoms with Crippen molar-refractivity contribution < 1.29 is 4.52 Å². The van der Waals surface area contributed by atoms with Gasteiger partial charge in [0.25, 0.3) is 0 Å². The molecule has 1 heterocycles. The number of hydrogen-bond donors (Lipinski definition) is 0. The van der Waals surface area contributed by atoms with Gasteiger partial charge in [0.1, 0.15) is 8.81 Å². The van der Waals surface area contributed by atoms with Gasteiger partial charge in [-0.3, -0.25) is 0 Å². The van der Waals surface area contributed by atoms with Crippen LogP contribution in [0.25, 0.3) is 0 Å². The van der Waals surface area contributed by atoms with Gasteiger partial charge in [-0.15, -0.1) is 13.2 Å². The Kier molecular flexibility index (Phi) is 5.46. The van der Waals surface area contributed by atoms with E-state index < -0.39 is 0 Å². The van der Waals surface area contributed by atoms with Gasteiger partial charge < -0.3 is 4.52 Å². The summed E-state index contributed by atoms with van der Waals surface area (Å²) in [5.74, 6) is 0. The minimum absolute atomic E-state index is 0.263. The lowest BCUT2D eigenvalue weighted by atomic mass is 9.99. The fourth-order valence-corrected chi connectivity index (χ4v) is 2.54. The fourth-order valence-electron chi connectivity index (χ4n) is 1.55. The van der Waals surface area contributed by atoms with Crippen LogP contribution in [0.4, 0.5) is 0 Å². The Morgan fingerprint density at radius 2 is 2.18 bits per heavy atom. The second-order valence-corrected chi connectivity index (χ2v) is 4.66. The molecule has 0 aliphatic carbocycles. The first-order valence-electron chi connectivity index (χ1n) is 5.37. The molecule has 0 aromatic heterocycles. The van der Waals surface area contributed by atoms with Crippen molar-refractivity contribution in [2.45, 2.75) is 19.8 Å². The first-order valence-corrected chi connectivity index (χ1v) is 6.28. The zero-order chi connectivity index (χ0) is 12.7. The zero-order valence-electron chi connectivity index (χ0n) is 9.99. The van der Waals surface area contributed by atoms with E-state index >= 15 is 0 Å². The largest absolute Gasteiger partial charge is 0.480 e. The third-order valence-electron chi connectivity index (χ3n) is 2.33. The van der Waals surface area contributed by atoms with Crippen LogP contribution in [-0.4, -0.2) is 0 Å². The molecule has 0 fully saturated rings. The lowest BCUT2D eigenvalue weighted by Gasteiger charge is -2.19. The molecule has 17 heavy (non-hydrogen) atoms. The summed E-state index contributed by atoms with van der Waals surface area (Å²) in [7, 11) is 0.263. The molecule has 1 unspecified atom stereocenters. The van der Waals surface area contributed by atoms with E-state index in [1.54, 1.807) is 13.2 Å². The lowest BCUT2D eigenvalue weighted by Crippen LogP contribution is -1.97. The van der Waals surface area contributed by atoms with Crippen LogP contribution in [0.1, 0.15) is 19.8 Å². The normalized spacial score (nSPS) is 17.2. The molecule has 0 amide bonds. The van der Waals surface area contributed by atoms with E-state index in [9.17, 15) is 0 Å². The Bertz CT molecular complexity index is 449. The van der Waals surface area contributed by atoms with Crippen LogP contribution in [0, 0.1) is 11.3 Å². The third-order valence-corrected chi connectivity index (χ3v) is 3.23. The molecule has 0 bridgehead atoms. The summed E-state index contributed by atoms with van der Waals surface area (Å²) in [6.07, 6.45) is 8.98. The van der Waals surface area contributed by atoms with Crippen LogP contribution in [0.15, 0.2) is 59.7 Å². The minimum Gasteiger partial charge on any atom is -0.480 e. The van der Waals surface area contributed by atoms with Crippen molar-refractivity contribution in [1.29, 1.82) is 5.26 Å². The van der Waals surface area contributed by atoms with E-state index in [1.807, 2.05) is 18.2 Å². The molecule has 1 rings (SSSR count). The van der Waals surface area contributed by atoms with Gasteiger partial charge in [-0.25, -0.2) is 0 Å². The van der Waals surface area contributed by atoms with Gasteiger partial charge in [0, 0.05) is 10.9 Å². The average Bonchev–Trinajstić information content (AvgIpc) is 2.33. The van der Waals surface area contributed by atoms with Crippen molar-refractivity contribution in [1.82, 2.24) is 0 Å². The summed E-state index contributed by atoms with van der Waals surface area (Å²) in [4.78, 5) is 0. The first-order chi connectivity index (χ1) is 8.22. The highest BCUT2D eigenvalue weighted by Crippen LogP contribution is 2.40. The monoisotopic (exact) mass is 245 g/mol. The van der Waals surface area contributed by atoms with Crippen LogP contribution in [0.5, 0.6) is 0 Å². The number of hydrogen-bond acceptors (Lipinski definition) is 2. The van der Waals surface area contributed by atoms with Crippen molar-refractivity contribution in [3.05, 3.63) is 59.7 Å². The topological polar surface area (TPSA) is 33.0 Å². The van der Waals surface area contributed by atoms with Crippen LogP contribution >= 0.6 is 8.81 Å². The molecule has 3 heteroatoms. The van der Waals surface area contributed by atoms with Crippen LogP contribution in [0.2, 0.25) is 0 Å². The molecule has 1 atom stereocenters. The maximum absolute atomic E-state index is 8.82. The maximum Gasteiger partial charge on any atom is 0.104 e. The van der Waals surface area contributed by atoms with Gasteiger partial charge in [-0.2, -0.15) is 5.26 Å². The molecule has 0 spiro atoms. The summed E-state index contributed by atoms with van der Waals surface area (Å²) in [5, 5.41) is 9.91. The van der Waals surface area contributed by atoms with Gasteiger partial charge in [0.2, 0.25) is 0 Å². The number of nitriles is 1. The number of rotatable bonds is 5. The van der Waals surface area contributed by atoms with Gasteiger partial charge in [-0.1, -0.05) is 12.2 Å². The van der Waals surface area contributed by atoms with E-state index in [4.69, 9.17) is 9.79 Å². The van der Waals surface area contributed by atoms with Gasteiger partial charge in [-0.05, 0) is 37.0 Å². The predicted molar refractivity (Wildman–Crippen MR) is 73.5 cm³/mol. The summed E-state index contributed by atoms with van der Waals surface area (Å²) in [6, 6.07) is 2.13. The van der Waals surface area contributed by atoms with E-state index in [2.05, 4.69) is 19.2 Å². The Hall–Kier alpha value is -1.58. The van der Waals surface area contributed by atoms with Crippen molar-refractivity contribution in [3.63, 3.8) is 0 Å². The zero-order valence-corrected chi connectivity index (χ0v) is 11.0. The SMILES string of the molecule is C=CCC1=COPC(C=C(C)C#N)=C1CC=C. The molecular weight excluding hydrogens is 229 g/mol. The molecule has 0 aromatic carbocycles. The summed E-state index contributed by atoms with van der Waals surface area (Å²) in [5.41, 5.74) is 3.02. The molecule has 1 aliphatic rings. The smallest absolute Gasteiger partial charge is 0.104 e. The predicted octanol–water partition coefficient (Wildman–Crippen LogP) is 4.37. The highest BCUT2D eigenvalue weighted by molar-refractivity contribution is 7.38. The molecule has 0 N–H and O–H groups in total. The van der Waals surface area contributed by atoms with Crippen LogP contribution in [-0.2, 0) is 4.52 Å². The Morgan fingerprint density at radius 3 is 2.76 bits per heavy atom. The minimum atomic E-state index is 0.263. The summed E-state index contributed by atoms with van der Waals surface area (Å²) < 4.78 is 5.44. The van der Waals surface area contributed by atoms with Crippen molar-refractivity contribution in [3.8, 4) is 6.07 Å². The Labute approximate surface area is 105 Å². The van der Waals surface area contributed by atoms with E-state index in [0.29, 0.717) is 5.57 Å². The van der Waals surface area contributed by atoms with Crippen molar-refractivity contribution in [2.75, 3.05) is 0 Å². The molecular formula is C14H16NOP. The fraction of sp³-hybridized carbons (Fsp3) is 0.214. The number of nitrogens with zero attached hydrogens (tertiary/aromatic N) is 1. The van der Waals surface area contributed by atoms with E-state index in [0.717, 1.165) is 23.7 Å². The molecule has 0 saturated carbocycles. The maximum atomic E-state index is 8.82.